The van der Waals surface area contributed by atoms with E-state index in [1.165, 1.54) is 23.5 Å². The van der Waals surface area contributed by atoms with Gasteiger partial charge >= 0.3 is 0 Å². The van der Waals surface area contributed by atoms with Crippen molar-refractivity contribution in [3.05, 3.63) is 66.4 Å². The molecule has 4 heterocycles. The Labute approximate surface area is 170 Å². The predicted molar refractivity (Wildman–Crippen MR) is 110 cm³/mol. The monoisotopic (exact) mass is 407 g/mol. The number of hydrogen-bond acceptors (Lipinski definition) is 6. The van der Waals surface area contributed by atoms with Crippen LogP contribution >= 0.6 is 11.3 Å². The zero-order valence-corrected chi connectivity index (χ0v) is 16.3. The van der Waals surface area contributed by atoms with E-state index >= 15 is 0 Å². The van der Waals surface area contributed by atoms with Gasteiger partial charge in [0, 0.05) is 42.5 Å². The number of rotatable bonds is 5. The summed E-state index contributed by atoms with van der Waals surface area (Å²) >= 11 is 1.52. The molecule has 0 spiro atoms. The van der Waals surface area contributed by atoms with Crippen LogP contribution in [0.1, 0.15) is 29.6 Å². The van der Waals surface area contributed by atoms with E-state index < -0.39 is 0 Å². The van der Waals surface area contributed by atoms with Crippen molar-refractivity contribution >= 4 is 27.2 Å². The molecule has 6 nitrogen and oxygen atoms in total. The van der Waals surface area contributed by atoms with Gasteiger partial charge in [0.25, 0.3) is 0 Å². The number of carbonyl (C=O) groups excluding carboxylic acids is 1. The lowest BCUT2D eigenvalue weighted by Gasteiger charge is -2.23. The molecule has 0 aliphatic carbocycles. The molecule has 1 saturated heterocycles. The SMILES string of the molecule is O=C(CC1CCCN1c1nn2cc(-c3cccnc3)nc2s1)c1ccc(F)cc1. The summed E-state index contributed by atoms with van der Waals surface area (Å²) < 4.78 is 14.9. The summed E-state index contributed by atoms with van der Waals surface area (Å²) in [6.45, 7) is 0.869. The number of ketones is 1. The van der Waals surface area contributed by atoms with Crippen molar-refractivity contribution in [3.8, 4) is 11.3 Å². The molecule has 146 valence electrons. The van der Waals surface area contributed by atoms with E-state index in [-0.39, 0.29) is 17.6 Å². The number of anilines is 1. The van der Waals surface area contributed by atoms with E-state index in [1.54, 1.807) is 29.0 Å². The number of nitrogens with zero attached hydrogens (tertiary/aromatic N) is 5. The molecule has 0 N–H and O–H groups in total. The number of carbonyl (C=O) groups is 1. The Morgan fingerprint density at radius 2 is 2.10 bits per heavy atom. The van der Waals surface area contributed by atoms with Crippen LogP contribution in [0.25, 0.3) is 16.2 Å². The fourth-order valence-corrected chi connectivity index (χ4v) is 4.71. The maximum Gasteiger partial charge on any atom is 0.214 e. The van der Waals surface area contributed by atoms with Crippen molar-refractivity contribution in [3.63, 3.8) is 0 Å². The van der Waals surface area contributed by atoms with E-state index in [0.29, 0.717) is 12.0 Å². The largest absolute Gasteiger partial charge is 0.343 e. The van der Waals surface area contributed by atoms with Crippen molar-refractivity contribution in [2.75, 3.05) is 11.4 Å². The van der Waals surface area contributed by atoms with Gasteiger partial charge < -0.3 is 4.90 Å². The van der Waals surface area contributed by atoms with Gasteiger partial charge in [-0.1, -0.05) is 11.3 Å². The van der Waals surface area contributed by atoms with Crippen LogP contribution in [-0.2, 0) is 0 Å². The van der Waals surface area contributed by atoms with E-state index in [9.17, 15) is 9.18 Å². The van der Waals surface area contributed by atoms with Gasteiger partial charge in [-0.2, -0.15) is 0 Å². The topological polar surface area (TPSA) is 63.4 Å². The van der Waals surface area contributed by atoms with Crippen molar-refractivity contribution < 1.29 is 9.18 Å². The van der Waals surface area contributed by atoms with Crippen LogP contribution in [0.4, 0.5) is 9.52 Å². The molecule has 1 fully saturated rings. The first-order chi connectivity index (χ1) is 14.2. The fraction of sp³-hybridized carbons (Fsp3) is 0.238. The molecule has 1 unspecified atom stereocenters. The molecule has 8 heteroatoms. The minimum Gasteiger partial charge on any atom is -0.343 e. The van der Waals surface area contributed by atoms with E-state index in [1.807, 2.05) is 18.3 Å². The molecule has 5 rings (SSSR count). The highest BCUT2D eigenvalue weighted by molar-refractivity contribution is 7.20. The highest BCUT2D eigenvalue weighted by Gasteiger charge is 2.30. The minimum absolute atomic E-state index is 0.0297. The average molecular weight is 407 g/mol. The summed E-state index contributed by atoms with van der Waals surface area (Å²) in [5, 5.41) is 5.57. The molecular weight excluding hydrogens is 389 g/mol. The Bertz CT molecular complexity index is 1120. The number of halogens is 1. The molecule has 1 atom stereocenters. The summed E-state index contributed by atoms with van der Waals surface area (Å²) in [5.41, 5.74) is 2.34. The number of pyridine rings is 1. The van der Waals surface area contributed by atoms with Crippen LogP contribution in [0.3, 0.4) is 0 Å². The van der Waals surface area contributed by atoms with Gasteiger partial charge in [-0.05, 0) is 49.2 Å². The second-order valence-electron chi connectivity index (χ2n) is 7.10. The minimum atomic E-state index is -0.333. The van der Waals surface area contributed by atoms with Gasteiger partial charge in [-0.25, -0.2) is 13.9 Å². The molecular formula is C21H18FN5OS. The summed E-state index contributed by atoms with van der Waals surface area (Å²) in [5.74, 6) is -0.303. The maximum atomic E-state index is 13.1. The van der Waals surface area contributed by atoms with Gasteiger partial charge in [0.2, 0.25) is 10.1 Å². The second kappa shape index (κ2) is 7.36. The van der Waals surface area contributed by atoms with Crippen LogP contribution in [0.2, 0.25) is 0 Å². The van der Waals surface area contributed by atoms with Crippen LogP contribution in [0.15, 0.2) is 55.0 Å². The lowest BCUT2D eigenvalue weighted by molar-refractivity contribution is 0.0974. The number of Topliss-reactive ketones (excluding diaryl/α,β-unsaturated/α-hetero) is 1. The van der Waals surface area contributed by atoms with Crippen molar-refractivity contribution in [1.82, 2.24) is 19.6 Å². The lowest BCUT2D eigenvalue weighted by atomic mass is 10.0. The number of hydrogen-bond donors (Lipinski definition) is 0. The van der Waals surface area contributed by atoms with E-state index in [2.05, 4.69) is 14.9 Å². The number of benzene rings is 1. The Balaban J connectivity index is 1.35. The molecule has 0 bridgehead atoms. The van der Waals surface area contributed by atoms with Gasteiger partial charge in [0.1, 0.15) is 5.82 Å². The molecule has 1 aliphatic heterocycles. The highest BCUT2D eigenvalue weighted by Crippen LogP contribution is 2.32. The molecule has 0 amide bonds. The zero-order chi connectivity index (χ0) is 19.8. The van der Waals surface area contributed by atoms with Gasteiger partial charge in [-0.15, -0.1) is 5.10 Å². The summed E-state index contributed by atoms with van der Waals surface area (Å²) in [6, 6.07) is 9.71. The summed E-state index contributed by atoms with van der Waals surface area (Å²) in [7, 11) is 0. The van der Waals surface area contributed by atoms with Crippen LogP contribution in [0, 0.1) is 5.82 Å². The van der Waals surface area contributed by atoms with Gasteiger partial charge in [0.05, 0.1) is 11.9 Å². The molecule has 0 radical (unpaired) electrons. The number of imidazole rings is 1. The Hall–Kier alpha value is -3.13. The van der Waals surface area contributed by atoms with Crippen molar-refractivity contribution in [2.24, 2.45) is 0 Å². The van der Waals surface area contributed by atoms with Crippen molar-refractivity contribution in [2.45, 2.75) is 25.3 Å². The zero-order valence-electron chi connectivity index (χ0n) is 15.5. The normalized spacial score (nSPS) is 16.6. The van der Waals surface area contributed by atoms with Gasteiger partial charge in [0.15, 0.2) is 5.78 Å². The summed E-state index contributed by atoms with van der Waals surface area (Å²) in [6.07, 6.45) is 7.78. The summed E-state index contributed by atoms with van der Waals surface area (Å²) in [4.78, 5) is 24.4. The third-order valence-corrected chi connectivity index (χ3v) is 6.16. The molecule has 1 aliphatic rings. The van der Waals surface area contributed by atoms with E-state index in [4.69, 9.17) is 5.10 Å². The van der Waals surface area contributed by atoms with Crippen LogP contribution in [0.5, 0.6) is 0 Å². The first-order valence-corrected chi connectivity index (χ1v) is 10.3. The average Bonchev–Trinajstić information content (AvgIpc) is 3.43. The molecule has 1 aromatic carbocycles. The molecule has 29 heavy (non-hydrogen) atoms. The van der Waals surface area contributed by atoms with Crippen LogP contribution < -0.4 is 4.90 Å². The second-order valence-corrected chi connectivity index (χ2v) is 8.04. The third kappa shape index (κ3) is 3.51. The molecule has 0 saturated carbocycles. The molecule has 3 aromatic heterocycles. The third-order valence-electron chi connectivity index (χ3n) is 5.20. The lowest BCUT2D eigenvalue weighted by Crippen LogP contribution is -2.31. The number of fused-ring (bicyclic) bond motifs is 1. The number of aromatic nitrogens is 4. The Morgan fingerprint density at radius 1 is 1.24 bits per heavy atom. The Kier molecular flexibility index (Phi) is 4.55. The van der Waals surface area contributed by atoms with Crippen LogP contribution in [-0.4, -0.2) is 38.0 Å². The van der Waals surface area contributed by atoms with Gasteiger partial charge in [-0.3, -0.25) is 9.78 Å². The first-order valence-electron chi connectivity index (χ1n) is 9.49. The first kappa shape index (κ1) is 17.9. The quantitative estimate of drug-likeness (QED) is 0.463. The van der Waals surface area contributed by atoms with E-state index in [0.717, 1.165) is 40.7 Å². The fourth-order valence-electron chi connectivity index (χ4n) is 3.73. The maximum absolute atomic E-state index is 13.1. The van der Waals surface area contributed by atoms with Crippen molar-refractivity contribution in [1.29, 1.82) is 0 Å². The smallest absolute Gasteiger partial charge is 0.214 e. The molecule has 4 aromatic rings. The Morgan fingerprint density at radius 3 is 2.86 bits per heavy atom. The highest BCUT2D eigenvalue weighted by atomic mass is 32.1. The standard InChI is InChI=1S/C21H18FN5OS/c22-16-7-5-14(6-8-16)19(28)11-17-4-2-10-26(17)21-25-27-13-18(24-20(27)29-21)15-3-1-9-23-12-15/h1,3,5-9,12-13,17H,2,4,10-11H2. The predicted octanol–water partition coefficient (Wildman–Crippen LogP) is 4.23.